The molecular weight excluding hydrogens is 448 g/mol. The number of benzene rings is 1. The van der Waals surface area contributed by atoms with E-state index in [-0.39, 0.29) is 36.2 Å². The first-order chi connectivity index (χ1) is 14.5. The number of hydrogen-bond acceptors (Lipinski definition) is 7. The zero-order valence-electron chi connectivity index (χ0n) is 17.3. The molecule has 1 aliphatic heterocycles. The zero-order valence-corrected chi connectivity index (χ0v) is 18.8. The van der Waals surface area contributed by atoms with E-state index in [2.05, 4.69) is 10.2 Å². The lowest BCUT2D eigenvalue weighted by Crippen LogP contribution is -2.46. The molecule has 1 aliphatic rings. The smallest absolute Gasteiger partial charge is 0.416 e. The number of ketones is 1. The zero-order chi connectivity index (χ0) is 22.9. The van der Waals surface area contributed by atoms with Crippen molar-refractivity contribution in [3.63, 3.8) is 0 Å². The quantitative estimate of drug-likeness (QED) is 0.536. The van der Waals surface area contributed by atoms with E-state index in [9.17, 15) is 14.0 Å². The van der Waals surface area contributed by atoms with Crippen LogP contribution < -0.4 is 15.5 Å². The molecule has 3 rings (SSSR count). The van der Waals surface area contributed by atoms with Crippen LogP contribution in [-0.4, -0.2) is 47.3 Å². The van der Waals surface area contributed by atoms with Gasteiger partial charge in [0.2, 0.25) is 0 Å². The van der Waals surface area contributed by atoms with Crippen LogP contribution in [0.25, 0.3) is 0 Å². The molecule has 2 N–H and O–H groups in total. The van der Waals surface area contributed by atoms with Gasteiger partial charge in [0, 0.05) is 30.2 Å². The highest BCUT2D eigenvalue weighted by molar-refractivity contribution is 6.36. The molecule has 31 heavy (non-hydrogen) atoms. The maximum atomic E-state index is 14.0. The van der Waals surface area contributed by atoms with E-state index < -0.39 is 23.3 Å². The molecule has 0 unspecified atom stereocenters. The number of aromatic nitrogens is 2. The van der Waals surface area contributed by atoms with Crippen LogP contribution in [0, 0.1) is 5.82 Å². The molecule has 1 aromatic heterocycles. The van der Waals surface area contributed by atoms with E-state index in [1.807, 2.05) is 0 Å². The fourth-order valence-corrected chi connectivity index (χ4v) is 3.54. The van der Waals surface area contributed by atoms with E-state index in [1.165, 1.54) is 23.1 Å². The third kappa shape index (κ3) is 5.06. The van der Waals surface area contributed by atoms with Crippen LogP contribution in [0.1, 0.15) is 36.8 Å². The number of carbonyl (C=O) groups excluding carboxylic acids is 2. The molecule has 0 saturated carbocycles. The second kappa shape index (κ2) is 8.94. The summed E-state index contributed by atoms with van der Waals surface area (Å²) in [5.74, 6) is -0.801. The van der Waals surface area contributed by atoms with Crippen molar-refractivity contribution in [1.29, 1.82) is 0 Å². The van der Waals surface area contributed by atoms with Crippen LogP contribution in [0.2, 0.25) is 10.0 Å². The third-order valence-electron chi connectivity index (χ3n) is 4.52. The Morgan fingerprint density at radius 1 is 1.23 bits per heavy atom. The van der Waals surface area contributed by atoms with E-state index in [4.69, 9.17) is 33.7 Å². The first-order valence-electron chi connectivity index (χ1n) is 9.50. The van der Waals surface area contributed by atoms with Crippen molar-refractivity contribution < 1.29 is 18.7 Å². The van der Waals surface area contributed by atoms with Gasteiger partial charge in [-0.3, -0.25) is 9.69 Å². The lowest BCUT2D eigenvalue weighted by atomic mass is 10.1. The number of ether oxygens (including phenoxy) is 1. The first-order valence-corrected chi connectivity index (χ1v) is 10.3. The molecule has 0 spiro atoms. The van der Waals surface area contributed by atoms with Crippen LogP contribution in [-0.2, 0) is 11.3 Å². The molecule has 0 saturated heterocycles. The average Bonchev–Trinajstić information content (AvgIpc) is 2.71. The Morgan fingerprint density at radius 2 is 1.94 bits per heavy atom. The lowest BCUT2D eigenvalue weighted by molar-refractivity contribution is 0.0578. The van der Waals surface area contributed by atoms with Crippen LogP contribution in [0.5, 0.6) is 0 Å². The number of amides is 1. The minimum absolute atomic E-state index is 0.0497. The van der Waals surface area contributed by atoms with Crippen LogP contribution in [0.15, 0.2) is 18.2 Å². The lowest BCUT2D eigenvalue weighted by Gasteiger charge is -2.37. The monoisotopic (exact) mass is 469 g/mol. The van der Waals surface area contributed by atoms with Gasteiger partial charge in [0.05, 0.1) is 17.3 Å². The van der Waals surface area contributed by atoms with Gasteiger partial charge >= 0.3 is 6.09 Å². The molecule has 1 aromatic carbocycles. The third-order valence-corrected chi connectivity index (χ3v) is 5.28. The van der Waals surface area contributed by atoms with Crippen molar-refractivity contribution in [3.8, 4) is 0 Å². The highest BCUT2D eigenvalue weighted by atomic mass is 35.5. The van der Waals surface area contributed by atoms with Crippen molar-refractivity contribution in [2.75, 3.05) is 29.4 Å². The second-order valence-corrected chi connectivity index (χ2v) is 8.73. The normalized spacial score (nSPS) is 13.8. The second-order valence-electron chi connectivity index (χ2n) is 7.94. The summed E-state index contributed by atoms with van der Waals surface area (Å²) in [6, 6.07) is 4.10. The minimum Gasteiger partial charge on any atom is -0.443 e. The van der Waals surface area contributed by atoms with E-state index in [1.54, 1.807) is 25.7 Å². The highest BCUT2D eigenvalue weighted by Crippen LogP contribution is 2.36. The molecule has 1 amide bonds. The van der Waals surface area contributed by atoms with Gasteiger partial charge in [0.15, 0.2) is 11.6 Å². The van der Waals surface area contributed by atoms with Gasteiger partial charge in [-0.1, -0.05) is 23.2 Å². The first kappa shape index (κ1) is 23.2. The molecule has 0 bridgehead atoms. The Morgan fingerprint density at radius 3 is 2.58 bits per heavy atom. The molecule has 11 heteroatoms. The van der Waals surface area contributed by atoms with Crippen molar-refractivity contribution in [3.05, 3.63) is 45.3 Å². The maximum absolute atomic E-state index is 14.0. The standard InChI is InChI=1S/C20H22Cl2FN5O3/c1-20(2,3)31-19(30)28-7-6-27(10-11-12(21)4-5-13(23)17(11)22)15-8-14(16(29)9-24)25-26-18(15)28/h4-5,8H,6-7,9-10,24H2,1-3H3. The minimum atomic E-state index is -0.708. The van der Waals surface area contributed by atoms with Crippen LogP contribution >= 0.6 is 23.2 Å². The Labute approximate surface area is 189 Å². The number of halogens is 3. The summed E-state index contributed by atoms with van der Waals surface area (Å²) in [7, 11) is 0. The summed E-state index contributed by atoms with van der Waals surface area (Å²) in [6.07, 6.45) is -0.595. The van der Waals surface area contributed by atoms with Crippen LogP contribution in [0.4, 0.5) is 20.7 Å². The largest absolute Gasteiger partial charge is 0.443 e. The summed E-state index contributed by atoms with van der Waals surface area (Å²) in [4.78, 5) is 27.9. The average molecular weight is 470 g/mol. The Kier molecular flexibility index (Phi) is 6.68. The molecule has 2 heterocycles. The van der Waals surface area contributed by atoms with Gasteiger partial charge in [-0.05, 0) is 39.0 Å². The number of fused-ring (bicyclic) bond motifs is 1. The number of nitrogens with zero attached hydrogens (tertiary/aromatic N) is 4. The SMILES string of the molecule is CC(C)(C)OC(=O)N1CCN(Cc2c(Cl)ccc(F)c2Cl)c2cc(C(=O)CN)nnc21. The number of carbonyl (C=O) groups is 2. The molecule has 166 valence electrons. The van der Waals surface area contributed by atoms with Gasteiger partial charge in [0.25, 0.3) is 0 Å². The molecule has 0 radical (unpaired) electrons. The highest BCUT2D eigenvalue weighted by Gasteiger charge is 2.33. The van der Waals surface area contributed by atoms with Crippen molar-refractivity contribution in [2.24, 2.45) is 5.73 Å². The summed E-state index contributed by atoms with van der Waals surface area (Å²) in [5.41, 5.74) is 5.60. The van der Waals surface area contributed by atoms with Gasteiger partial charge < -0.3 is 15.4 Å². The van der Waals surface area contributed by atoms with Gasteiger partial charge in [-0.15, -0.1) is 10.2 Å². The number of Topliss-reactive ketones (excluding diaryl/α,β-unsaturated/α-hetero) is 1. The Bertz CT molecular complexity index is 1030. The summed E-state index contributed by atoms with van der Waals surface area (Å²) in [5, 5.41) is 8.21. The fourth-order valence-electron chi connectivity index (χ4n) is 3.05. The summed E-state index contributed by atoms with van der Waals surface area (Å²) < 4.78 is 19.5. The molecule has 0 fully saturated rings. The molecule has 2 aromatic rings. The van der Waals surface area contributed by atoms with Gasteiger partial charge in [-0.25, -0.2) is 9.18 Å². The Balaban J connectivity index is 2.03. The van der Waals surface area contributed by atoms with E-state index >= 15 is 0 Å². The van der Waals surface area contributed by atoms with Crippen molar-refractivity contribution in [2.45, 2.75) is 32.9 Å². The summed E-state index contributed by atoms with van der Waals surface area (Å²) in [6.45, 7) is 5.71. The van der Waals surface area contributed by atoms with E-state index in [0.29, 0.717) is 22.8 Å². The predicted molar refractivity (Wildman–Crippen MR) is 116 cm³/mol. The fraction of sp³-hybridized carbons (Fsp3) is 0.400. The molecular formula is C20H22Cl2FN5O3. The number of rotatable bonds is 4. The number of anilines is 2. The van der Waals surface area contributed by atoms with Crippen LogP contribution in [0.3, 0.4) is 0 Å². The van der Waals surface area contributed by atoms with Crippen molar-refractivity contribution in [1.82, 2.24) is 10.2 Å². The molecule has 8 nitrogen and oxygen atoms in total. The number of nitrogens with two attached hydrogens (primary N) is 1. The predicted octanol–water partition coefficient (Wildman–Crippen LogP) is 3.83. The van der Waals surface area contributed by atoms with Gasteiger partial charge in [-0.2, -0.15) is 0 Å². The van der Waals surface area contributed by atoms with Gasteiger partial charge in [0.1, 0.15) is 17.1 Å². The van der Waals surface area contributed by atoms with Crippen molar-refractivity contribution >= 4 is 46.6 Å². The molecule has 0 aliphatic carbocycles. The maximum Gasteiger partial charge on any atom is 0.416 e. The topological polar surface area (TPSA) is 102 Å². The number of hydrogen-bond donors (Lipinski definition) is 1. The Hall–Kier alpha value is -2.49. The van der Waals surface area contributed by atoms with E-state index in [0.717, 1.165) is 0 Å². The molecule has 0 atom stereocenters. The summed E-state index contributed by atoms with van der Waals surface area (Å²) >= 11 is 12.4.